The van der Waals surface area contributed by atoms with E-state index in [1.165, 1.54) is 4.90 Å². The van der Waals surface area contributed by atoms with E-state index < -0.39 is 11.6 Å². The van der Waals surface area contributed by atoms with Gasteiger partial charge in [-0.25, -0.2) is 0 Å². The van der Waals surface area contributed by atoms with Gasteiger partial charge < -0.3 is 9.64 Å². The molecule has 0 aliphatic rings. The normalized spacial score (nSPS) is 10.9. The van der Waals surface area contributed by atoms with Gasteiger partial charge in [0.1, 0.15) is 12.1 Å². The van der Waals surface area contributed by atoms with Crippen molar-refractivity contribution in [3.05, 3.63) is 48.0 Å². The van der Waals surface area contributed by atoms with Crippen LogP contribution in [0.4, 0.5) is 0 Å². The van der Waals surface area contributed by atoms with E-state index in [1.54, 1.807) is 45.0 Å². The Morgan fingerprint density at radius 3 is 2.19 bits per heavy atom. The number of hydrogen-bond donors (Lipinski definition) is 0. The molecule has 1 amide bonds. The first kappa shape index (κ1) is 17.0. The molecule has 21 heavy (non-hydrogen) atoms. The fourth-order valence-electron chi connectivity index (χ4n) is 1.82. The molecule has 1 aromatic rings. The topological polar surface area (TPSA) is 46.6 Å². The maximum absolute atomic E-state index is 12.5. The molecular weight excluding hydrogens is 266 g/mol. The molecule has 0 heterocycles. The van der Waals surface area contributed by atoms with Crippen molar-refractivity contribution in [1.82, 2.24) is 4.90 Å². The predicted molar refractivity (Wildman–Crippen MR) is 83.0 cm³/mol. The highest BCUT2D eigenvalue weighted by atomic mass is 16.6. The summed E-state index contributed by atoms with van der Waals surface area (Å²) in [7, 11) is 0. The fourth-order valence-corrected chi connectivity index (χ4v) is 1.82. The van der Waals surface area contributed by atoms with Gasteiger partial charge in [0.25, 0.3) is 5.91 Å². The fraction of sp³-hybridized carbons (Fsp3) is 0.412. The lowest BCUT2D eigenvalue weighted by atomic mass is 10.2. The van der Waals surface area contributed by atoms with E-state index >= 15 is 0 Å². The first-order chi connectivity index (χ1) is 9.69. The van der Waals surface area contributed by atoms with Gasteiger partial charge in [0.05, 0.1) is 0 Å². The standard InChI is InChI=1S/C17H23NO3/c1-13(2)11-18(12-15(19)21-17(3,4)5)16(20)14-9-7-6-8-10-14/h6-10H,1,11-12H2,2-5H3. The maximum atomic E-state index is 12.5. The summed E-state index contributed by atoms with van der Waals surface area (Å²) in [5, 5.41) is 0. The minimum atomic E-state index is -0.568. The highest BCUT2D eigenvalue weighted by molar-refractivity contribution is 5.96. The molecule has 0 fully saturated rings. The van der Waals surface area contributed by atoms with Crippen molar-refractivity contribution >= 4 is 11.9 Å². The lowest BCUT2D eigenvalue weighted by molar-refractivity contribution is -0.155. The van der Waals surface area contributed by atoms with Crippen LogP contribution in [-0.4, -0.2) is 35.5 Å². The molecule has 0 radical (unpaired) electrons. The molecule has 4 nitrogen and oxygen atoms in total. The van der Waals surface area contributed by atoms with Gasteiger partial charge in [-0.05, 0) is 39.8 Å². The molecule has 0 saturated heterocycles. The summed E-state index contributed by atoms with van der Waals surface area (Å²) in [6, 6.07) is 8.87. The van der Waals surface area contributed by atoms with Crippen molar-refractivity contribution < 1.29 is 14.3 Å². The lowest BCUT2D eigenvalue weighted by Gasteiger charge is -2.25. The number of carbonyl (C=O) groups excluding carboxylic acids is 2. The molecule has 1 rings (SSSR count). The molecule has 0 bridgehead atoms. The molecule has 114 valence electrons. The zero-order valence-electron chi connectivity index (χ0n) is 13.2. The summed E-state index contributed by atoms with van der Waals surface area (Å²) in [4.78, 5) is 25.8. The summed E-state index contributed by atoms with van der Waals surface area (Å²) in [6.07, 6.45) is 0. The zero-order chi connectivity index (χ0) is 16.0. The minimum absolute atomic E-state index is 0.0855. The molecule has 4 heteroatoms. The van der Waals surface area contributed by atoms with Crippen LogP contribution in [0.5, 0.6) is 0 Å². The van der Waals surface area contributed by atoms with E-state index in [-0.39, 0.29) is 12.5 Å². The van der Waals surface area contributed by atoms with Gasteiger partial charge in [-0.3, -0.25) is 9.59 Å². The second-order valence-corrected chi connectivity index (χ2v) is 6.07. The summed E-state index contributed by atoms with van der Waals surface area (Å²) in [5.74, 6) is -0.627. The van der Waals surface area contributed by atoms with Gasteiger partial charge in [-0.2, -0.15) is 0 Å². The third-order valence-electron chi connectivity index (χ3n) is 2.51. The largest absolute Gasteiger partial charge is 0.459 e. The number of amides is 1. The van der Waals surface area contributed by atoms with E-state index in [2.05, 4.69) is 6.58 Å². The average molecular weight is 289 g/mol. The second-order valence-electron chi connectivity index (χ2n) is 6.07. The number of carbonyl (C=O) groups is 2. The molecule has 0 saturated carbocycles. The van der Waals surface area contributed by atoms with Crippen molar-refractivity contribution in [2.24, 2.45) is 0 Å². The average Bonchev–Trinajstić information content (AvgIpc) is 2.35. The van der Waals surface area contributed by atoms with Crippen LogP contribution in [0, 0.1) is 0 Å². The first-order valence-electron chi connectivity index (χ1n) is 6.89. The summed E-state index contributed by atoms with van der Waals surface area (Å²) in [6.45, 7) is 11.3. The van der Waals surface area contributed by atoms with Crippen molar-refractivity contribution in [3.8, 4) is 0 Å². The highest BCUT2D eigenvalue weighted by Crippen LogP contribution is 2.10. The van der Waals surface area contributed by atoms with E-state index in [0.29, 0.717) is 12.1 Å². The van der Waals surface area contributed by atoms with Crippen LogP contribution < -0.4 is 0 Å². The summed E-state index contributed by atoms with van der Waals surface area (Å²) in [5.41, 5.74) is 0.784. The number of benzene rings is 1. The van der Waals surface area contributed by atoms with Crippen LogP contribution in [0.15, 0.2) is 42.5 Å². The van der Waals surface area contributed by atoms with E-state index in [9.17, 15) is 9.59 Å². The SMILES string of the molecule is C=C(C)CN(CC(=O)OC(C)(C)C)C(=O)c1ccccc1. The minimum Gasteiger partial charge on any atom is -0.459 e. The maximum Gasteiger partial charge on any atom is 0.326 e. The van der Waals surface area contributed by atoms with Gasteiger partial charge in [-0.15, -0.1) is 0 Å². The van der Waals surface area contributed by atoms with E-state index in [0.717, 1.165) is 5.57 Å². The Kier molecular flexibility index (Phi) is 5.70. The lowest BCUT2D eigenvalue weighted by Crippen LogP contribution is -2.39. The first-order valence-corrected chi connectivity index (χ1v) is 6.89. The van der Waals surface area contributed by atoms with Crippen LogP contribution in [-0.2, 0) is 9.53 Å². The summed E-state index contributed by atoms with van der Waals surface area (Å²) < 4.78 is 5.27. The highest BCUT2D eigenvalue weighted by Gasteiger charge is 2.22. The van der Waals surface area contributed by atoms with E-state index in [1.807, 2.05) is 13.0 Å². The summed E-state index contributed by atoms with van der Waals surface area (Å²) >= 11 is 0. The Morgan fingerprint density at radius 2 is 1.71 bits per heavy atom. The quantitative estimate of drug-likeness (QED) is 0.618. The third-order valence-corrected chi connectivity index (χ3v) is 2.51. The molecule has 0 spiro atoms. The van der Waals surface area contributed by atoms with Crippen molar-refractivity contribution in [1.29, 1.82) is 0 Å². The van der Waals surface area contributed by atoms with Crippen LogP contribution in [0.2, 0.25) is 0 Å². The Bertz CT molecular complexity index is 515. The monoisotopic (exact) mass is 289 g/mol. The van der Waals surface area contributed by atoms with Crippen molar-refractivity contribution in [3.63, 3.8) is 0 Å². The number of rotatable bonds is 5. The van der Waals surface area contributed by atoms with Gasteiger partial charge in [0.2, 0.25) is 0 Å². The number of esters is 1. The van der Waals surface area contributed by atoms with Crippen LogP contribution in [0.3, 0.4) is 0 Å². The third kappa shape index (κ3) is 6.25. The van der Waals surface area contributed by atoms with E-state index in [4.69, 9.17) is 4.74 Å². The molecule has 0 N–H and O–H groups in total. The molecule has 0 unspecified atom stereocenters. The van der Waals surface area contributed by atoms with Crippen molar-refractivity contribution in [2.45, 2.75) is 33.3 Å². The van der Waals surface area contributed by atoms with Gasteiger partial charge >= 0.3 is 5.97 Å². The Labute approximate surface area is 126 Å². The molecule has 0 aliphatic carbocycles. The molecule has 1 aromatic carbocycles. The van der Waals surface area contributed by atoms with Gasteiger partial charge in [0.15, 0.2) is 0 Å². The van der Waals surface area contributed by atoms with Crippen LogP contribution in [0.1, 0.15) is 38.1 Å². The van der Waals surface area contributed by atoms with Crippen molar-refractivity contribution in [2.75, 3.05) is 13.1 Å². The predicted octanol–water partition coefficient (Wildman–Crippen LogP) is 3.05. The Balaban J connectivity index is 2.83. The Morgan fingerprint density at radius 1 is 1.14 bits per heavy atom. The number of ether oxygens (including phenoxy) is 1. The molecule has 0 aromatic heterocycles. The van der Waals surface area contributed by atoms with Gasteiger partial charge in [-0.1, -0.05) is 30.4 Å². The molecular formula is C17H23NO3. The molecule has 0 atom stereocenters. The Hall–Kier alpha value is -2.10. The zero-order valence-corrected chi connectivity index (χ0v) is 13.2. The molecule has 0 aliphatic heterocycles. The smallest absolute Gasteiger partial charge is 0.326 e. The van der Waals surface area contributed by atoms with Crippen LogP contribution >= 0.6 is 0 Å². The number of hydrogen-bond acceptors (Lipinski definition) is 3. The second kappa shape index (κ2) is 7.07. The van der Waals surface area contributed by atoms with Gasteiger partial charge in [0, 0.05) is 12.1 Å². The number of nitrogens with zero attached hydrogens (tertiary/aromatic N) is 1. The van der Waals surface area contributed by atoms with Crippen LogP contribution in [0.25, 0.3) is 0 Å².